The Balaban J connectivity index is 1.73. The molecule has 98 valence electrons. The largest absolute Gasteiger partial charge is 0.330 e. The van der Waals surface area contributed by atoms with Crippen molar-refractivity contribution in [2.24, 2.45) is 11.1 Å². The molecule has 2 fully saturated rings. The lowest BCUT2D eigenvalue weighted by molar-refractivity contribution is -0.130. The molecule has 1 aliphatic heterocycles. The molecule has 3 N–H and O–H groups in total. The fourth-order valence-corrected chi connectivity index (χ4v) is 2.60. The van der Waals surface area contributed by atoms with Crippen LogP contribution in [0.3, 0.4) is 0 Å². The summed E-state index contributed by atoms with van der Waals surface area (Å²) >= 11 is 0. The standard InChI is InChI=1S/C12H24N4O/c1-15-5-7-16(8-6-15)14-11(17)9-12(10-13)3-2-4-12/h2-10,13H2,1H3,(H,14,17). The van der Waals surface area contributed by atoms with Crippen LogP contribution in [0.2, 0.25) is 0 Å². The summed E-state index contributed by atoms with van der Waals surface area (Å²) < 4.78 is 0. The Morgan fingerprint density at radius 1 is 1.29 bits per heavy atom. The zero-order valence-electron chi connectivity index (χ0n) is 10.7. The molecular formula is C12H24N4O. The first kappa shape index (κ1) is 12.8. The minimum absolute atomic E-state index is 0.108. The van der Waals surface area contributed by atoms with Crippen LogP contribution in [0.25, 0.3) is 0 Å². The molecule has 1 saturated carbocycles. The van der Waals surface area contributed by atoms with Crippen molar-refractivity contribution in [2.75, 3.05) is 39.8 Å². The third-order valence-electron chi connectivity index (χ3n) is 4.17. The summed E-state index contributed by atoms with van der Waals surface area (Å²) in [7, 11) is 2.11. The minimum atomic E-state index is 0.108. The van der Waals surface area contributed by atoms with Gasteiger partial charge >= 0.3 is 0 Å². The summed E-state index contributed by atoms with van der Waals surface area (Å²) in [5.41, 5.74) is 8.89. The lowest BCUT2D eigenvalue weighted by atomic mass is 9.66. The van der Waals surface area contributed by atoms with Crippen LogP contribution in [0.15, 0.2) is 0 Å². The normalized spacial score (nSPS) is 25.3. The fraction of sp³-hybridized carbons (Fsp3) is 0.917. The zero-order chi connectivity index (χ0) is 12.3. The molecule has 1 saturated heterocycles. The van der Waals surface area contributed by atoms with Crippen molar-refractivity contribution >= 4 is 5.91 Å². The average molecular weight is 240 g/mol. The number of likely N-dealkylation sites (N-methyl/N-ethyl adjacent to an activating group) is 1. The topological polar surface area (TPSA) is 61.6 Å². The second kappa shape index (κ2) is 5.33. The number of carbonyl (C=O) groups excluding carboxylic acids is 1. The number of hydrogen-bond donors (Lipinski definition) is 2. The molecule has 0 unspecified atom stereocenters. The minimum Gasteiger partial charge on any atom is -0.330 e. The molecule has 2 rings (SSSR count). The molecule has 5 nitrogen and oxygen atoms in total. The van der Waals surface area contributed by atoms with Crippen LogP contribution in [-0.4, -0.2) is 55.6 Å². The first-order valence-electron chi connectivity index (χ1n) is 6.57. The van der Waals surface area contributed by atoms with Gasteiger partial charge in [0.25, 0.3) is 0 Å². The van der Waals surface area contributed by atoms with Gasteiger partial charge in [0, 0.05) is 32.6 Å². The van der Waals surface area contributed by atoms with E-state index in [9.17, 15) is 4.79 Å². The molecule has 0 aromatic carbocycles. The number of hydrogen-bond acceptors (Lipinski definition) is 4. The smallest absolute Gasteiger partial charge is 0.234 e. The third-order valence-corrected chi connectivity index (χ3v) is 4.17. The van der Waals surface area contributed by atoms with E-state index < -0.39 is 0 Å². The second-order valence-corrected chi connectivity index (χ2v) is 5.56. The third kappa shape index (κ3) is 3.18. The predicted molar refractivity (Wildman–Crippen MR) is 67.2 cm³/mol. The van der Waals surface area contributed by atoms with E-state index in [1.165, 1.54) is 6.42 Å². The van der Waals surface area contributed by atoms with Crippen LogP contribution < -0.4 is 11.2 Å². The molecule has 5 heteroatoms. The maximum atomic E-state index is 11.9. The molecule has 17 heavy (non-hydrogen) atoms. The number of amides is 1. The summed E-state index contributed by atoms with van der Waals surface area (Å²) in [6.07, 6.45) is 4.04. The van der Waals surface area contributed by atoms with Crippen LogP contribution in [0.4, 0.5) is 0 Å². The summed E-state index contributed by atoms with van der Waals surface area (Å²) in [6, 6.07) is 0. The van der Waals surface area contributed by atoms with Gasteiger partial charge in [-0.2, -0.15) is 0 Å². The van der Waals surface area contributed by atoms with Gasteiger partial charge in [-0.05, 0) is 31.8 Å². The van der Waals surface area contributed by atoms with Gasteiger partial charge in [-0.25, -0.2) is 5.01 Å². The van der Waals surface area contributed by atoms with Crippen molar-refractivity contribution in [2.45, 2.75) is 25.7 Å². The number of nitrogens with two attached hydrogens (primary N) is 1. The van der Waals surface area contributed by atoms with Gasteiger partial charge in [-0.1, -0.05) is 6.42 Å². The van der Waals surface area contributed by atoms with Crippen LogP contribution in [0.5, 0.6) is 0 Å². The Hall–Kier alpha value is -0.650. The highest BCUT2D eigenvalue weighted by molar-refractivity contribution is 5.76. The SMILES string of the molecule is CN1CCN(NC(=O)CC2(CN)CCC2)CC1. The fourth-order valence-electron chi connectivity index (χ4n) is 2.60. The first-order valence-corrected chi connectivity index (χ1v) is 6.57. The molecule has 1 heterocycles. The predicted octanol–water partition coefficient (Wildman–Crippen LogP) is -0.216. The van der Waals surface area contributed by atoms with E-state index in [0.717, 1.165) is 39.0 Å². The van der Waals surface area contributed by atoms with E-state index in [2.05, 4.69) is 17.4 Å². The summed E-state index contributed by atoms with van der Waals surface area (Å²) in [6.45, 7) is 4.50. The molecule has 0 aromatic rings. The Bertz CT molecular complexity index is 264. The van der Waals surface area contributed by atoms with Crippen LogP contribution in [-0.2, 0) is 4.79 Å². The summed E-state index contributed by atoms with van der Waals surface area (Å²) in [4.78, 5) is 14.2. The number of piperazine rings is 1. The monoisotopic (exact) mass is 240 g/mol. The van der Waals surface area contributed by atoms with Crippen molar-refractivity contribution < 1.29 is 4.79 Å². The average Bonchev–Trinajstić information content (AvgIpc) is 2.27. The molecular weight excluding hydrogens is 216 g/mol. The van der Waals surface area contributed by atoms with Gasteiger partial charge in [-0.3, -0.25) is 10.2 Å². The molecule has 1 amide bonds. The van der Waals surface area contributed by atoms with Gasteiger partial charge in [0.1, 0.15) is 0 Å². The van der Waals surface area contributed by atoms with E-state index in [0.29, 0.717) is 13.0 Å². The van der Waals surface area contributed by atoms with E-state index in [1.54, 1.807) is 0 Å². The molecule has 0 bridgehead atoms. The van der Waals surface area contributed by atoms with E-state index in [-0.39, 0.29) is 11.3 Å². The molecule has 1 aliphatic carbocycles. The summed E-state index contributed by atoms with van der Waals surface area (Å²) in [5, 5.41) is 2.03. The molecule has 0 aromatic heterocycles. The Labute approximate surface area is 103 Å². The maximum absolute atomic E-state index is 11.9. The van der Waals surface area contributed by atoms with Gasteiger partial charge in [0.05, 0.1) is 0 Å². The maximum Gasteiger partial charge on any atom is 0.234 e. The van der Waals surface area contributed by atoms with Crippen LogP contribution in [0.1, 0.15) is 25.7 Å². The number of nitrogens with one attached hydrogen (secondary N) is 1. The number of hydrazine groups is 1. The van der Waals surface area contributed by atoms with Crippen molar-refractivity contribution in [3.63, 3.8) is 0 Å². The van der Waals surface area contributed by atoms with Gasteiger partial charge in [-0.15, -0.1) is 0 Å². The highest BCUT2D eigenvalue weighted by Crippen LogP contribution is 2.42. The number of nitrogens with zero attached hydrogens (tertiary/aromatic N) is 2. The second-order valence-electron chi connectivity index (χ2n) is 5.56. The highest BCUT2D eigenvalue weighted by atomic mass is 16.2. The lowest BCUT2D eigenvalue weighted by Gasteiger charge is -2.41. The van der Waals surface area contributed by atoms with Crippen molar-refractivity contribution in [1.82, 2.24) is 15.3 Å². The summed E-state index contributed by atoms with van der Waals surface area (Å²) in [5.74, 6) is 0.139. The van der Waals surface area contributed by atoms with Crippen molar-refractivity contribution in [3.8, 4) is 0 Å². The Morgan fingerprint density at radius 2 is 1.94 bits per heavy atom. The lowest BCUT2D eigenvalue weighted by Crippen LogP contribution is -2.54. The number of carbonyl (C=O) groups is 1. The highest BCUT2D eigenvalue weighted by Gasteiger charge is 2.37. The first-order chi connectivity index (χ1) is 8.13. The van der Waals surface area contributed by atoms with E-state index in [4.69, 9.17) is 5.73 Å². The van der Waals surface area contributed by atoms with Crippen LogP contribution in [0, 0.1) is 5.41 Å². The van der Waals surface area contributed by atoms with Crippen molar-refractivity contribution in [1.29, 1.82) is 0 Å². The van der Waals surface area contributed by atoms with Crippen LogP contribution >= 0.6 is 0 Å². The number of rotatable bonds is 4. The van der Waals surface area contributed by atoms with E-state index >= 15 is 0 Å². The van der Waals surface area contributed by atoms with Crippen molar-refractivity contribution in [3.05, 3.63) is 0 Å². The quantitative estimate of drug-likeness (QED) is 0.713. The Morgan fingerprint density at radius 3 is 2.41 bits per heavy atom. The van der Waals surface area contributed by atoms with Gasteiger partial charge in [0.2, 0.25) is 5.91 Å². The molecule has 0 atom stereocenters. The zero-order valence-corrected chi connectivity index (χ0v) is 10.7. The van der Waals surface area contributed by atoms with Gasteiger partial charge < -0.3 is 10.6 Å². The van der Waals surface area contributed by atoms with E-state index in [1.807, 2.05) is 5.01 Å². The Kier molecular flexibility index (Phi) is 4.01. The molecule has 0 spiro atoms. The van der Waals surface area contributed by atoms with Gasteiger partial charge in [0.15, 0.2) is 0 Å². The molecule has 0 radical (unpaired) electrons. The molecule has 2 aliphatic rings.